The Hall–Kier alpha value is -2.16. The fourth-order valence-electron chi connectivity index (χ4n) is 1.66. The number of halogens is 3. The molecule has 9 heteroatoms. The minimum Gasteiger partial charge on any atom is -0.503 e. The van der Waals surface area contributed by atoms with Crippen molar-refractivity contribution in [3.63, 3.8) is 0 Å². The number of benzene rings is 1. The van der Waals surface area contributed by atoms with Crippen molar-refractivity contribution in [1.29, 1.82) is 0 Å². The van der Waals surface area contributed by atoms with Crippen molar-refractivity contribution in [3.8, 4) is 11.5 Å². The molecule has 1 aromatic carbocycles. The van der Waals surface area contributed by atoms with Gasteiger partial charge in [-0.2, -0.15) is 13.2 Å². The molecule has 1 aromatic rings. The number of alkyl halides is 3. The summed E-state index contributed by atoms with van der Waals surface area (Å²) in [6.45, 7) is 4.84. The molecule has 1 amide bonds. The van der Waals surface area contributed by atoms with E-state index in [-0.39, 0.29) is 17.0 Å². The standard InChI is InChI=1S/C14H19F3N2O4/c1-13(2,3)23-12(21)19-8-5-7(11(18)14(15,16)17)6-9(22-4)10(8)20/h5-6,11,20H,18H2,1-4H3,(H,19,21). The van der Waals surface area contributed by atoms with Crippen LogP contribution in [0.25, 0.3) is 0 Å². The van der Waals surface area contributed by atoms with E-state index in [0.29, 0.717) is 0 Å². The van der Waals surface area contributed by atoms with Gasteiger partial charge in [-0.25, -0.2) is 4.79 Å². The monoisotopic (exact) mass is 336 g/mol. The molecule has 0 radical (unpaired) electrons. The Balaban J connectivity index is 3.19. The number of hydrogen-bond acceptors (Lipinski definition) is 5. The maximum Gasteiger partial charge on any atom is 0.412 e. The number of methoxy groups -OCH3 is 1. The van der Waals surface area contributed by atoms with E-state index in [1.165, 1.54) is 0 Å². The van der Waals surface area contributed by atoms with Crippen molar-refractivity contribution in [3.05, 3.63) is 17.7 Å². The highest BCUT2D eigenvalue weighted by atomic mass is 19.4. The summed E-state index contributed by atoms with van der Waals surface area (Å²) >= 11 is 0. The van der Waals surface area contributed by atoms with E-state index in [1.54, 1.807) is 20.8 Å². The molecule has 1 atom stereocenters. The van der Waals surface area contributed by atoms with Crippen LogP contribution in [0.4, 0.5) is 23.7 Å². The van der Waals surface area contributed by atoms with Gasteiger partial charge >= 0.3 is 12.3 Å². The van der Waals surface area contributed by atoms with Crippen LogP contribution in [-0.4, -0.2) is 30.1 Å². The zero-order valence-electron chi connectivity index (χ0n) is 13.1. The van der Waals surface area contributed by atoms with Crippen molar-refractivity contribution in [2.24, 2.45) is 5.73 Å². The van der Waals surface area contributed by atoms with E-state index < -0.39 is 29.7 Å². The molecule has 0 aliphatic carbocycles. The molecule has 0 aromatic heterocycles. The number of amides is 1. The number of ether oxygens (including phenoxy) is 2. The van der Waals surface area contributed by atoms with Gasteiger partial charge in [0.1, 0.15) is 11.6 Å². The average molecular weight is 336 g/mol. The Labute approximate surface area is 131 Å². The number of phenols is 1. The lowest BCUT2D eigenvalue weighted by Gasteiger charge is -2.21. The van der Waals surface area contributed by atoms with Crippen LogP contribution < -0.4 is 15.8 Å². The SMILES string of the molecule is COc1cc(C(N)C(F)(F)F)cc(NC(=O)OC(C)(C)C)c1O. The largest absolute Gasteiger partial charge is 0.503 e. The zero-order chi connectivity index (χ0) is 18.0. The molecule has 1 rings (SSSR count). The first-order chi connectivity index (χ1) is 10.3. The fraction of sp³-hybridized carbons (Fsp3) is 0.500. The Morgan fingerprint density at radius 3 is 2.30 bits per heavy atom. The Bertz CT molecular complexity index is 583. The quantitative estimate of drug-likeness (QED) is 0.736. The van der Waals surface area contributed by atoms with E-state index in [1.807, 2.05) is 0 Å². The molecule has 0 spiro atoms. The highest BCUT2D eigenvalue weighted by Gasteiger charge is 2.38. The molecular formula is C14H19F3N2O4. The highest BCUT2D eigenvalue weighted by molar-refractivity contribution is 5.88. The van der Waals surface area contributed by atoms with Gasteiger partial charge in [-0.3, -0.25) is 5.32 Å². The molecular weight excluding hydrogens is 317 g/mol. The second-order valence-corrected chi connectivity index (χ2v) is 5.77. The summed E-state index contributed by atoms with van der Waals surface area (Å²) in [6.07, 6.45) is -5.63. The summed E-state index contributed by atoms with van der Waals surface area (Å²) < 4.78 is 48.0. The predicted molar refractivity (Wildman–Crippen MR) is 77.5 cm³/mol. The van der Waals surface area contributed by atoms with Crippen LogP contribution in [0, 0.1) is 0 Å². The molecule has 4 N–H and O–H groups in total. The summed E-state index contributed by atoms with van der Waals surface area (Å²) in [5, 5.41) is 12.1. The van der Waals surface area contributed by atoms with E-state index in [9.17, 15) is 23.1 Å². The number of carbonyl (C=O) groups excluding carboxylic acids is 1. The van der Waals surface area contributed by atoms with E-state index in [4.69, 9.17) is 15.2 Å². The number of nitrogens with two attached hydrogens (primary N) is 1. The Kier molecular flexibility index (Phi) is 5.36. The lowest BCUT2D eigenvalue weighted by molar-refractivity contribution is -0.149. The number of anilines is 1. The van der Waals surface area contributed by atoms with Crippen LogP contribution in [0.1, 0.15) is 32.4 Å². The van der Waals surface area contributed by atoms with E-state index in [2.05, 4.69) is 5.32 Å². The van der Waals surface area contributed by atoms with Crippen LogP contribution in [0.3, 0.4) is 0 Å². The van der Waals surface area contributed by atoms with Crippen LogP contribution in [0.5, 0.6) is 11.5 Å². The maximum absolute atomic E-state index is 12.7. The zero-order valence-corrected chi connectivity index (χ0v) is 13.1. The second kappa shape index (κ2) is 6.53. The number of carbonyl (C=O) groups is 1. The van der Waals surface area contributed by atoms with Gasteiger partial charge in [0.2, 0.25) is 0 Å². The summed E-state index contributed by atoms with van der Waals surface area (Å²) in [4.78, 5) is 11.7. The van der Waals surface area contributed by atoms with E-state index in [0.717, 1.165) is 19.2 Å². The molecule has 0 fully saturated rings. The highest BCUT2D eigenvalue weighted by Crippen LogP contribution is 2.40. The Morgan fingerprint density at radius 2 is 1.87 bits per heavy atom. The third kappa shape index (κ3) is 5.20. The van der Waals surface area contributed by atoms with Crippen molar-refractivity contribution in [1.82, 2.24) is 0 Å². The predicted octanol–water partition coefficient (Wildman–Crippen LogP) is 3.31. The van der Waals surface area contributed by atoms with Crippen molar-refractivity contribution < 1.29 is 32.5 Å². The van der Waals surface area contributed by atoms with Crippen LogP contribution in [0.2, 0.25) is 0 Å². The summed E-state index contributed by atoms with van der Waals surface area (Å²) in [5.41, 5.74) is 3.65. The second-order valence-electron chi connectivity index (χ2n) is 5.77. The molecule has 0 aliphatic rings. The minimum absolute atomic E-state index is 0.256. The lowest BCUT2D eigenvalue weighted by Crippen LogP contribution is -2.29. The number of phenolic OH excluding ortho intramolecular Hbond substituents is 1. The first kappa shape index (κ1) is 18.9. The molecule has 6 nitrogen and oxygen atoms in total. The number of nitrogens with one attached hydrogen (secondary N) is 1. The summed E-state index contributed by atoms with van der Waals surface area (Å²) in [5.74, 6) is -0.787. The average Bonchev–Trinajstić information content (AvgIpc) is 2.37. The molecule has 0 aliphatic heterocycles. The van der Waals surface area contributed by atoms with Gasteiger partial charge in [0.05, 0.1) is 12.8 Å². The van der Waals surface area contributed by atoms with Gasteiger partial charge in [-0.1, -0.05) is 0 Å². The number of aromatic hydroxyl groups is 1. The van der Waals surface area contributed by atoms with Gasteiger partial charge < -0.3 is 20.3 Å². The van der Waals surface area contributed by atoms with Gasteiger partial charge in [0, 0.05) is 0 Å². The smallest absolute Gasteiger partial charge is 0.412 e. The summed E-state index contributed by atoms with van der Waals surface area (Å²) in [7, 11) is 1.16. The topological polar surface area (TPSA) is 93.8 Å². The lowest BCUT2D eigenvalue weighted by atomic mass is 10.1. The van der Waals surface area contributed by atoms with Crippen molar-refractivity contribution in [2.75, 3.05) is 12.4 Å². The van der Waals surface area contributed by atoms with Crippen molar-refractivity contribution >= 4 is 11.8 Å². The van der Waals surface area contributed by atoms with E-state index >= 15 is 0 Å². The van der Waals surface area contributed by atoms with Crippen LogP contribution in [-0.2, 0) is 4.74 Å². The van der Waals surface area contributed by atoms with Gasteiger partial charge in [0.25, 0.3) is 0 Å². The van der Waals surface area contributed by atoms with Gasteiger partial charge in [-0.05, 0) is 38.5 Å². The molecule has 0 saturated carbocycles. The fourth-order valence-corrected chi connectivity index (χ4v) is 1.66. The molecule has 1 unspecified atom stereocenters. The van der Waals surface area contributed by atoms with Gasteiger partial charge in [-0.15, -0.1) is 0 Å². The molecule has 130 valence electrons. The molecule has 0 heterocycles. The van der Waals surface area contributed by atoms with Gasteiger partial charge in [0.15, 0.2) is 11.5 Å². The first-order valence-corrected chi connectivity index (χ1v) is 6.58. The normalized spacial score (nSPS) is 13.4. The molecule has 0 bridgehead atoms. The minimum atomic E-state index is -4.69. The van der Waals surface area contributed by atoms with Crippen LogP contribution in [0.15, 0.2) is 12.1 Å². The van der Waals surface area contributed by atoms with Crippen molar-refractivity contribution in [2.45, 2.75) is 38.6 Å². The third-order valence-corrected chi connectivity index (χ3v) is 2.66. The third-order valence-electron chi connectivity index (χ3n) is 2.66. The summed E-state index contributed by atoms with van der Waals surface area (Å²) in [6, 6.07) is -0.426. The molecule has 23 heavy (non-hydrogen) atoms. The van der Waals surface area contributed by atoms with Crippen LogP contribution >= 0.6 is 0 Å². The number of rotatable bonds is 3. The first-order valence-electron chi connectivity index (χ1n) is 6.58. The molecule has 0 saturated heterocycles. The maximum atomic E-state index is 12.7. The Morgan fingerprint density at radius 1 is 1.30 bits per heavy atom. The number of hydrogen-bond donors (Lipinski definition) is 3.